The van der Waals surface area contributed by atoms with Crippen LogP contribution < -0.4 is 0 Å². The van der Waals surface area contributed by atoms with Gasteiger partial charge in [-0.2, -0.15) is 0 Å². The van der Waals surface area contributed by atoms with Crippen molar-refractivity contribution in [2.45, 2.75) is 174 Å². The molecule has 11 nitrogen and oxygen atoms in total. The maximum atomic E-state index is 12.9. The summed E-state index contributed by atoms with van der Waals surface area (Å²) < 4.78 is 39.2. The van der Waals surface area contributed by atoms with Crippen LogP contribution in [0.3, 0.4) is 0 Å². The topological polar surface area (TPSA) is 155 Å². The van der Waals surface area contributed by atoms with Crippen molar-refractivity contribution in [1.82, 2.24) is 0 Å². The van der Waals surface area contributed by atoms with Gasteiger partial charge in [0.1, 0.15) is 12.7 Å². The van der Waals surface area contributed by atoms with Gasteiger partial charge in [0.25, 0.3) is 0 Å². The Bertz CT molecular complexity index is 1890. The summed E-state index contributed by atoms with van der Waals surface area (Å²) in [6.07, 6.45) is 72.2. The minimum Gasteiger partial charge on any atom is -0.461 e. The molecule has 0 saturated carbocycles. The number of hydrogen-bond acceptors (Lipinski definition) is 10. The van der Waals surface area contributed by atoms with Crippen molar-refractivity contribution in [3.63, 3.8) is 0 Å². The second-order valence-corrected chi connectivity index (χ2v) is 18.4. The van der Waals surface area contributed by atoms with Crippen LogP contribution in [0, 0.1) is 0 Å². The molecule has 0 aromatic heterocycles. The third-order valence-corrected chi connectivity index (χ3v) is 11.1. The van der Waals surface area contributed by atoms with E-state index in [9.17, 15) is 28.9 Å². The largest absolute Gasteiger partial charge is 0.472 e. The van der Waals surface area contributed by atoms with Gasteiger partial charge in [0, 0.05) is 12.8 Å². The van der Waals surface area contributed by atoms with Crippen LogP contribution in [0.4, 0.5) is 0 Å². The van der Waals surface area contributed by atoms with Crippen LogP contribution in [-0.2, 0) is 42.2 Å². The van der Waals surface area contributed by atoms with Crippen LogP contribution in [0.2, 0.25) is 0 Å². The number of unbranched alkanes of at least 4 members (excludes halogenated alkanes) is 3. The van der Waals surface area contributed by atoms with E-state index in [-0.39, 0.29) is 19.3 Å². The molecule has 0 rings (SSSR count). The number of hydrogen-bond donors (Lipinski definition) is 2. The van der Waals surface area contributed by atoms with E-state index >= 15 is 0 Å². The molecule has 412 valence electrons. The molecule has 0 aromatic carbocycles. The zero-order valence-electron chi connectivity index (χ0n) is 45.2. The van der Waals surface area contributed by atoms with Gasteiger partial charge >= 0.3 is 25.7 Å². The van der Waals surface area contributed by atoms with Crippen LogP contribution in [0.15, 0.2) is 170 Å². The van der Waals surface area contributed by atoms with Gasteiger partial charge in [0.05, 0.1) is 26.2 Å². The Morgan fingerprint density at radius 3 is 1.08 bits per heavy atom. The van der Waals surface area contributed by atoms with Gasteiger partial charge in [-0.25, -0.2) is 4.57 Å². The fourth-order valence-corrected chi connectivity index (χ4v) is 6.94. The first-order valence-corrected chi connectivity index (χ1v) is 28.5. The summed E-state index contributed by atoms with van der Waals surface area (Å²) in [4.78, 5) is 48.4. The van der Waals surface area contributed by atoms with Gasteiger partial charge in [-0.05, 0) is 122 Å². The lowest BCUT2D eigenvalue weighted by atomic mass is 10.2. The summed E-state index contributed by atoms with van der Waals surface area (Å²) >= 11 is 0. The summed E-state index contributed by atoms with van der Waals surface area (Å²) in [6, 6.07) is 0. The normalized spacial score (nSPS) is 14.7. The first-order valence-electron chi connectivity index (χ1n) is 27.0. The monoisotopic (exact) mass is 1040 g/mol. The zero-order chi connectivity index (χ0) is 54.1. The molecule has 0 bridgehead atoms. The van der Waals surface area contributed by atoms with Crippen molar-refractivity contribution in [1.29, 1.82) is 0 Å². The SMILES string of the molecule is CC/C=C\C/C=C\C/C=C\C/C=C\C/C=C\CCCC(=O)OC(COC(=O)C/C=C\C/C=C\C/C=C\C/C=C\C/C=C\CC)COP(=O)(O)OCC(CO)OC(=O)CCCC/C=C\C/C=C\C/C=C\C/C=C\CC. The van der Waals surface area contributed by atoms with Gasteiger partial charge in [0.15, 0.2) is 6.10 Å². The molecule has 0 fully saturated rings. The maximum absolute atomic E-state index is 12.9. The minimum absolute atomic E-state index is 0.0313. The number of aliphatic hydroxyl groups excluding tert-OH is 1. The smallest absolute Gasteiger partial charge is 0.461 e. The fraction of sp³-hybridized carbons (Fsp3) is 0.500. The molecule has 2 N–H and O–H groups in total. The van der Waals surface area contributed by atoms with E-state index in [0.717, 1.165) is 96.3 Å². The highest BCUT2D eigenvalue weighted by Gasteiger charge is 2.28. The number of aliphatic hydroxyl groups is 1. The number of carbonyl (C=O) groups is 3. The Morgan fingerprint density at radius 1 is 0.392 bits per heavy atom. The predicted molar refractivity (Wildman–Crippen MR) is 306 cm³/mol. The minimum atomic E-state index is -4.81. The lowest BCUT2D eigenvalue weighted by Gasteiger charge is -2.21. The zero-order valence-corrected chi connectivity index (χ0v) is 46.1. The van der Waals surface area contributed by atoms with E-state index in [0.29, 0.717) is 25.7 Å². The molecule has 0 aliphatic carbocycles. The van der Waals surface area contributed by atoms with Crippen LogP contribution in [-0.4, -0.2) is 66.5 Å². The van der Waals surface area contributed by atoms with E-state index in [2.05, 4.69) is 154 Å². The van der Waals surface area contributed by atoms with Crippen molar-refractivity contribution in [3.8, 4) is 0 Å². The Morgan fingerprint density at radius 2 is 0.703 bits per heavy atom. The molecule has 3 atom stereocenters. The molecule has 0 aromatic rings. The van der Waals surface area contributed by atoms with Crippen LogP contribution in [0.5, 0.6) is 0 Å². The molecule has 74 heavy (non-hydrogen) atoms. The average molecular weight is 1050 g/mol. The highest BCUT2D eigenvalue weighted by atomic mass is 31.2. The standard InChI is InChI=1S/C62H93O11P/c1-4-7-10-13-16-19-22-25-28-29-32-35-38-41-44-47-50-53-62(66)73-59(55-69-60(64)51-48-45-42-39-36-33-30-26-23-20-17-14-11-8-5-2)57-71-74(67,68)70-56-58(54-63)72-61(65)52-49-46-43-40-37-34-31-27-24-21-18-15-12-9-6-3/h7-12,16-21,25-28,30-32,35-37,39-41,44-45,48,58-59,63H,4-6,13-15,22-24,29,33-34,38,42-43,46-47,49-57H2,1-3H3,(H,67,68)/b10-7-,11-8-,12-9-,19-16-,20-17-,21-18-,28-25-,30-26-,31-27-,35-32-,39-36-,40-37-,44-41-,48-45-. The van der Waals surface area contributed by atoms with E-state index in [1.165, 1.54) is 0 Å². The number of esters is 3. The third-order valence-electron chi connectivity index (χ3n) is 10.1. The lowest BCUT2D eigenvalue weighted by Crippen LogP contribution is -2.30. The molecule has 0 saturated heterocycles. The molecule has 3 unspecified atom stereocenters. The number of phosphoric acid groups is 1. The van der Waals surface area contributed by atoms with Gasteiger partial charge < -0.3 is 24.2 Å². The lowest BCUT2D eigenvalue weighted by molar-refractivity contribution is -0.161. The molecule has 0 radical (unpaired) electrons. The van der Waals surface area contributed by atoms with E-state index in [1.54, 1.807) is 6.08 Å². The third kappa shape index (κ3) is 51.7. The molecule has 0 heterocycles. The summed E-state index contributed by atoms with van der Waals surface area (Å²) in [5, 5.41) is 9.79. The van der Waals surface area contributed by atoms with Crippen molar-refractivity contribution < 1.29 is 52.2 Å². The van der Waals surface area contributed by atoms with Crippen molar-refractivity contribution in [2.75, 3.05) is 26.4 Å². The second-order valence-electron chi connectivity index (χ2n) is 16.9. The van der Waals surface area contributed by atoms with E-state index < -0.39 is 64.4 Å². The number of allylic oxidation sites excluding steroid dienone is 27. The number of rotatable bonds is 47. The second kappa shape index (κ2) is 54.1. The molecule has 0 amide bonds. The highest BCUT2D eigenvalue weighted by molar-refractivity contribution is 7.47. The summed E-state index contributed by atoms with van der Waals surface area (Å²) in [5.74, 6) is -1.76. The Kier molecular flexibility index (Phi) is 50.3. The average Bonchev–Trinajstić information content (AvgIpc) is 3.39. The molecule has 12 heteroatoms. The van der Waals surface area contributed by atoms with Gasteiger partial charge in [-0.3, -0.25) is 23.4 Å². The van der Waals surface area contributed by atoms with Gasteiger partial charge in [0.2, 0.25) is 0 Å². The Hall–Kier alpha value is -5.16. The Labute approximate surface area is 447 Å². The number of carbonyl (C=O) groups excluding carboxylic acids is 3. The summed E-state index contributed by atoms with van der Waals surface area (Å²) in [5.41, 5.74) is 0. The summed E-state index contributed by atoms with van der Waals surface area (Å²) in [7, 11) is -4.81. The number of phosphoric ester groups is 1. The molecule has 0 spiro atoms. The van der Waals surface area contributed by atoms with E-state index in [1.807, 2.05) is 30.4 Å². The highest BCUT2D eigenvalue weighted by Crippen LogP contribution is 2.43. The maximum Gasteiger partial charge on any atom is 0.472 e. The Balaban J connectivity index is 5.00. The van der Waals surface area contributed by atoms with Gasteiger partial charge in [-0.15, -0.1) is 0 Å². The van der Waals surface area contributed by atoms with E-state index in [4.69, 9.17) is 23.3 Å². The van der Waals surface area contributed by atoms with Crippen molar-refractivity contribution >= 4 is 25.7 Å². The number of ether oxygens (including phenoxy) is 3. The molecule has 0 aliphatic heterocycles. The van der Waals surface area contributed by atoms with Crippen LogP contribution in [0.25, 0.3) is 0 Å². The quantitative estimate of drug-likeness (QED) is 0.0197. The summed E-state index contributed by atoms with van der Waals surface area (Å²) in [6.45, 7) is 4.02. The van der Waals surface area contributed by atoms with Crippen molar-refractivity contribution in [3.05, 3.63) is 170 Å². The van der Waals surface area contributed by atoms with Crippen LogP contribution in [0.1, 0.15) is 162 Å². The first-order chi connectivity index (χ1) is 36.2. The first kappa shape index (κ1) is 68.8. The van der Waals surface area contributed by atoms with Crippen LogP contribution >= 0.6 is 7.82 Å². The molecular formula is C62H93O11P. The fourth-order valence-electron chi connectivity index (χ4n) is 6.16. The van der Waals surface area contributed by atoms with Gasteiger partial charge in [-0.1, -0.05) is 191 Å². The predicted octanol–water partition coefficient (Wildman–Crippen LogP) is 15.9. The van der Waals surface area contributed by atoms with Crippen molar-refractivity contribution in [2.24, 2.45) is 0 Å². The molecule has 0 aliphatic rings. The molecular weight excluding hydrogens is 952 g/mol.